The maximum Gasteiger partial charge on any atom is 0.323 e. The number of benzene rings is 1. The van der Waals surface area contributed by atoms with Crippen molar-refractivity contribution in [3.05, 3.63) is 41.6 Å². The maximum absolute atomic E-state index is 13.8. The van der Waals surface area contributed by atoms with Crippen molar-refractivity contribution in [1.29, 1.82) is 0 Å². The largest absolute Gasteiger partial charge is 0.480 e. The molecule has 0 aliphatic heterocycles. The number of thiazole rings is 1. The van der Waals surface area contributed by atoms with E-state index in [1.54, 1.807) is 4.90 Å². The van der Waals surface area contributed by atoms with Crippen LogP contribution >= 0.6 is 11.3 Å². The number of halogens is 2. The molecule has 1 heterocycles. The lowest BCUT2D eigenvalue weighted by atomic mass is 9.86. The fourth-order valence-electron chi connectivity index (χ4n) is 3.85. The third-order valence-electron chi connectivity index (χ3n) is 5.75. The number of rotatable bonds is 10. The highest BCUT2D eigenvalue weighted by molar-refractivity contribution is 7.94. The Hall–Kier alpha value is -2.64. The van der Waals surface area contributed by atoms with E-state index >= 15 is 0 Å². The van der Waals surface area contributed by atoms with Crippen molar-refractivity contribution in [2.24, 2.45) is 5.92 Å². The molecule has 192 valence electrons. The Labute approximate surface area is 206 Å². The zero-order chi connectivity index (χ0) is 25.6. The van der Waals surface area contributed by atoms with Crippen LogP contribution in [0.25, 0.3) is 0 Å². The second kappa shape index (κ2) is 11.9. The molecule has 13 heteroatoms. The second-order valence-corrected chi connectivity index (χ2v) is 11.7. The molecule has 9 nitrogen and oxygen atoms in total. The SMILES string of the molecule is CC1CCC(N(CCOCc2ccc(F)cc2F)C(=O)Nc2ncc(S(=O)(=O)CC(=O)O)s2)CC1. The van der Waals surface area contributed by atoms with Gasteiger partial charge in [0, 0.05) is 24.2 Å². The van der Waals surface area contributed by atoms with Gasteiger partial charge in [-0.05, 0) is 37.7 Å². The number of urea groups is 1. The molecule has 0 atom stereocenters. The van der Waals surface area contributed by atoms with Crippen molar-refractivity contribution >= 4 is 38.3 Å². The van der Waals surface area contributed by atoms with E-state index in [0.717, 1.165) is 44.0 Å². The number of ether oxygens (including phenoxy) is 1. The Morgan fingerprint density at radius 1 is 1.26 bits per heavy atom. The van der Waals surface area contributed by atoms with Crippen molar-refractivity contribution in [2.45, 2.75) is 49.5 Å². The van der Waals surface area contributed by atoms with Crippen LogP contribution < -0.4 is 5.32 Å². The molecule has 0 unspecified atom stereocenters. The fraction of sp³-hybridized carbons (Fsp3) is 0.500. The van der Waals surface area contributed by atoms with Crippen LogP contribution in [0.3, 0.4) is 0 Å². The molecule has 1 saturated carbocycles. The number of aliphatic carboxylic acids is 1. The monoisotopic (exact) mass is 531 g/mol. The van der Waals surface area contributed by atoms with Crippen LogP contribution in [0, 0.1) is 17.6 Å². The molecule has 0 saturated heterocycles. The first-order valence-corrected chi connectivity index (χ1v) is 13.5. The van der Waals surface area contributed by atoms with Gasteiger partial charge in [0.05, 0.1) is 19.4 Å². The summed E-state index contributed by atoms with van der Waals surface area (Å²) >= 11 is 0.678. The third kappa shape index (κ3) is 7.67. The van der Waals surface area contributed by atoms with E-state index in [4.69, 9.17) is 9.84 Å². The van der Waals surface area contributed by atoms with E-state index in [-0.39, 0.29) is 40.7 Å². The summed E-state index contributed by atoms with van der Waals surface area (Å²) in [6.07, 6.45) is 4.50. The normalized spacial score (nSPS) is 18.3. The number of nitrogens with zero attached hydrogens (tertiary/aromatic N) is 2. The number of aromatic nitrogens is 1. The van der Waals surface area contributed by atoms with Gasteiger partial charge in [-0.2, -0.15) is 0 Å². The van der Waals surface area contributed by atoms with Crippen molar-refractivity contribution in [3.63, 3.8) is 0 Å². The lowest BCUT2D eigenvalue weighted by Gasteiger charge is -2.36. The summed E-state index contributed by atoms with van der Waals surface area (Å²) in [5, 5.41) is 11.4. The summed E-state index contributed by atoms with van der Waals surface area (Å²) in [5.74, 6) is -3.39. The average Bonchev–Trinajstić information content (AvgIpc) is 3.24. The Morgan fingerprint density at radius 3 is 2.63 bits per heavy atom. The predicted molar refractivity (Wildman–Crippen MR) is 125 cm³/mol. The number of hydrogen-bond acceptors (Lipinski definition) is 7. The number of anilines is 1. The first kappa shape index (κ1) is 27.0. The van der Waals surface area contributed by atoms with Gasteiger partial charge in [0.25, 0.3) is 0 Å². The number of hydrogen-bond donors (Lipinski definition) is 2. The Kier molecular flexibility index (Phi) is 9.14. The van der Waals surface area contributed by atoms with Crippen LogP contribution in [0.5, 0.6) is 0 Å². The molecule has 0 spiro atoms. The number of sulfone groups is 1. The van der Waals surface area contributed by atoms with Crippen LogP contribution in [-0.2, 0) is 26.0 Å². The lowest BCUT2D eigenvalue weighted by molar-refractivity contribution is -0.134. The summed E-state index contributed by atoms with van der Waals surface area (Å²) < 4.78 is 56.3. The van der Waals surface area contributed by atoms with Gasteiger partial charge in [-0.25, -0.2) is 27.0 Å². The highest BCUT2D eigenvalue weighted by Crippen LogP contribution is 2.29. The number of amides is 2. The highest BCUT2D eigenvalue weighted by Gasteiger charge is 2.29. The number of carboxylic acid groups (broad SMARTS) is 1. The number of carboxylic acids is 1. The summed E-state index contributed by atoms with van der Waals surface area (Å²) in [6, 6.07) is 2.67. The molecule has 1 aliphatic rings. The van der Waals surface area contributed by atoms with Crippen molar-refractivity contribution < 1.29 is 36.6 Å². The van der Waals surface area contributed by atoms with E-state index < -0.39 is 39.2 Å². The quantitative estimate of drug-likeness (QED) is 0.445. The summed E-state index contributed by atoms with van der Waals surface area (Å²) in [6.45, 7) is 2.37. The van der Waals surface area contributed by atoms with Gasteiger partial charge >= 0.3 is 12.0 Å². The van der Waals surface area contributed by atoms with Gasteiger partial charge in [-0.1, -0.05) is 24.3 Å². The van der Waals surface area contributed by atoms with Gasteiger partial charge in [0.2, 0.25) is 0 Å². The van der Waals surface area contributed by atoms with E-state index in [2.05, 4.69) is 17.2 Å². The van der Waals surface area contributed by atoms with Crippen LogP contribution in [0.4, 0.5) is 18.7 Å². The smallest absolute Gasteiger partial charge is 0.323 e. The first-order chi connectivity index (χ1) is 16.5. The van der Waals surface area contributed by atoms with Crippen molar-refractivity contribution in [2.75, 3.05) is 24.2 Å². The molecule has 2 amide bonds. The van der Waals surface area contributed by atoms with Gasteiger partial charge in [-0.3, -0.25) is 10.1 Å². The molecule has 0 bridgehead atoms. The number of nitrogens with one attached hydrogen (secondary N) is 1. The van der Waals surface area contributed by atoms with Gasteiger partial charge < -0.3 is 14.7 Å². The van der Waals surface area contributed by atoms with Crippen LogP contribution in [-0.4, -0.2) is 60.4 Å². The summed E-state index contributed by atoms with van der Waals surface area (Å²) in [5.41, 5.74) is 0.201. The van der Waals surface area contributed by atoms with Gasteiger partial charge in [-0.15, -0.1) is 0 Å². The van der Waals surface area contributed by atoms with Crippen LogP contribution in [0.15, 0.2) is 28.6 Å². The number of carbonyl (C=O) groups excluding carboxylic acids is 1. The fourth-order valence-corrected chi connectivity index (χ4v) is 5.99. The second-order valence-electron chi connectivity index (χ2n) is 8.46. The molecule has 2 N–H and O–H groups in total. The third-order valence-corrected chi connectivity index (χ3v) is 8.82. The minimum atomic E-state index is -4.05. The maximum atomic E-state index is 13.8. The Morgan fingerprint density at radius 2 is 1.97 bits per heavy atom. The van der Waals surface area contributed by atoms with Gasteiger partial charge in [0.1, 0.15) is 15.8 Å². The zero-order valence-corrected chi connectivity index (χ0v) is 20.7. The van der Waals surface area contributed by atoms with E-state index in [0.29, 0.717) is 17.3 Å². The van der Waals surface area contributed by atoms with E-state index in [9.17, 15) is 26.8 Å². The predicted octanol–water partition coefficient (Wildman–Crippen LogP) is 3.91. The highest BCUT2D eigenvalue weighted by atomic mass is 32.2. The minimum Gasteiger partial charge on any atom is -0.480 e. The molecular formula is C22H27F2N3O6S2. The zero-order valence-electron chi connectivity index (χ0n) is 19.1. The number of carbonyl (C=O) groups is 2. The Bertz CT molecular complexity index is 1150. The van der Waals surface area contributed by atoms with Crippen LogP contribution in [0.2, 0.25) is 0 Å². The lowest BCUT2D eigenvalue weighted by Crippen LogP contribution is -2.46. The molecule has 2 aromatic rings. The first-order valence-electron chi connectivity index (χ1n) is 11.0. The molecule has 1 aromatic carbocycles. The minimum absolute atomic E-state index is 0.0300. The summed E-state index contributed by atoms with van der Waals surface area (Å²) in [4.78, 5) is 29.4. The molecule has 1 aliphatic carbocycles. The molecule has 3 rings (SSSR count). The van der Waals surface area contributed by atoms with Gasteiger partial charge in [0.15, 0.2) is 20.7 Å². The molecule has 1 aromatic heterocycles. The average molecular weight is 532 g/mol. The van der Waals surface area contributed by atoms with Crippen molar-refractivity contribution in [1.82, 2.24) is 9.88 Å². The van der Waals surface area contributed by atoms with E-state index in [1.165, 1.54) is 6.07 Å². The van der Waals surface area contributed by atoms with E-state index in [1.807, 2.05) is 0 Å². The Balaban J connectivity index is 1.64. The topological polar surface area (TPSA) is 126 Å². The standard InChI is InChI=1S/C22H27F2N3O6S2/c1-14-2-6-17(7-3-14)27(8-9-33-12-15-4-5-16(23)10-18(15)24)22(30)26-21-25-11-20(34-21)35(31,32)13-19(28)29/h4-5,10-11,14,17H,2-3,6-9,12-13H2,1H3,(H,28,29)(H,25,26,30). The van der Waals surface area contributed by atoms with Crippen LogP contribution in [0.1, 0.15) is 38.2 Å². The molecule has 1 fully saturated rings. The molecule has 0 radical (unpaired) electrons. The summed E-state index contributed by atoms with van der Waals surface area (Å²) in [7, 11) is -4.05. The molecular weight excluding hydrogens is 504 g/mol. The van der Waals surface area contributed by atoms with Crippen molar-refractivity contribution in [3.8, 4) is 0 Å². The molecule has 35 heavy (non-hydrogen) atoms.